The molecule has 3 N–H and O–H groups in total. The number of methoxy groups -OCH3 is 1. The summed E-state index contributed by atoms with van der Waals surface area (Å²) in [5, 5.41) is 18.9. The summed E-state index contributed by atoms with van der Waals surface area (Å²) >= 11 is 0. The number of carbonyl (C=O) groups is 1. The predicted octanol–water partition coefficient (Wildman–Crippen LogP) is 4.93. The molecule has 1 saturated carbocycles. The lowest BCUT2D eigenvalue weighted by atomic mass is 9.73. The monoisotopic (exact) mass is 517 g/mol. The number of nitrogens with zero attached hydrogens (tertiary/aromatic N) is 1. The molecule has 3 rings (SSSR count). The minimum absolute atomic E-state index is 0.0266. The molecule has 1 heterocycles. The van der Waals surface area contributed by atoms with Gasteiger partial charge in [-0.05, 0) is 69.9 Å². The van der Waals surface area contributed by atoms with Gasteiger partial charge in [-0.3, -0.25) is 0 Å². The van der Waals surface area contributed by atoms with Gasteiger partial charge in [0.05, 0.1) is 12.2 Å². The Labute approximate surface area is 224 Å². The number of aliphatic hydroxyl groups is 1. The van der Waals surface area contributed by atoms with Gasteiger partial charge in [0.15, 0.2) is 0 Å². The molecule has 1 saturated heterocycles. The third kappa shape index (κ3) is 9.15. The Bertz CT molecular complexity index is 816. The SMILES string of the molecule is CNC[C@H](CC(C)C)NC(=O)N1CCC[C@@H](C(O)(CCCCOC)c2ccccc2OCCC2CC2)C1. The molecular formula is C30H51N3O4. The van der Waals surface area contributed by atoms with Crippen LogP contribution in [0.15, 0.2) is 24.3 Å². The van der Waals surface area contributed by atoms with Crippen LogP contribution < -0.4 is 15.4 Å². The zero-order chi connectivity index (χ0) is 26.7. The molecule has 1 unspecified atom stereocenters. The van der Waals surface area contributed by atoms with Crippen molar-refractivity contribution in [3.05, 3.63) is 29.8 Å². The predicted molar refractivity (Wildman–Crippen MR) is 149 cm³/mol. The smallest absolute Gasteiger partial charge is 0.317 e. The van der Waals surface area contributed by atoms with Crippen molar-refractivity contribution >= 4 is 6.03 Å². The maximum absolute atomic E-state index is 13.3. The first kappa shape index (κ1) is 29.7. The van der Waals surface area contributed by atoms with Gasteiger partial charge in [0.25, 0.3) is 0 Å². The molecule has 1 aliphatic carbocycles. The fraction of sp³-hybridized carbons (Fsp3) is 0.767. The van der Waals surface area contributed by atoms with Crippen LogP contribution in [0.2, 0.25) is 0 Å². The number of unbranched alkanes of at least 4 members (excludes halogenated alkanes) is 1. The van der Waals surface area contributed by atoms with Crippen LogP contribution in [-0.2, 0) is 10.3 Å². The van der Waals surface area contributed by atoms with Crippen molar-refractivity contribution < 1.29 is 19.4 Å². The van der Waals surface area contributed by atoms with Crippen LogP contribution in [-0.4, -0.2) is 69.1 Å². The van der Waals surface area contributed by atoms with E-state index in [-0.39, 0.29) is 18.0 Å². The van der Waals surface area contributed by atoms with Gasteiger partial charge in [-0.25, -0.2) is 4.79 Å². The Balaban J connectivity index is 1.76. The molecule has 1 aromatic carbocycles. The molecule has 0 bridgehead atoms. The highest BCUT2D eigenvalue weighted by Gasteiger charge is 2.43. The van der Waals surface area contributed by atoms with Crippen LogP contribution in [0.5, 0.6) is 5.75 Å². The number of ether oxygens (including phenoxy) is 2. The largest absolute Gasteiger partial charge is 0.493 e. The molecule has 2 amide bonds. The zero-order valence-corrected chi connectivity index (χ0v) is 23.6. The molecular weight excluding hydrogens is 466 g/mol. The third-order valence-electron chi connectivity index (χ3n) is 7.91. The first-order valence-electron chi connectivity index (χ1n) is 14.5. The van der Waals surface area contributed by atoms with E-state index in [1.165, 1.54) is 12.8 Å². The van der Waals surface area contributed by atoms with Gasteiger partial charge in [0, 0.05) is 50.9 Å². The van der Waals surface area contributed by atoms with E-state index in [1.807, 2.05) is 36.2 Å². The van der Waals surface area contributed by atoms with E-state index < -0.39 is 5.60 Å². The molecule has 2 fully saturated rings. The van der Waals surface area contributed by atoms with Crippen molar-refractivity contribution in [1.29, 1.82) is 0 Å². The number of para-hydroxylation sites is 1. The lowest BCUT2D eigenvalue weighted by Crippen LogP contribution is -2.54. The minimum Gasteiger partial charge on any atom is -0.493 e. The van der Waals surface area contributed by atoms with Crippen LogP contribution >= 0.6 is 0 Å². The highest BCUT2D eigenvalue weighted by atomic mass is 16.5. The second-order valence-corrected chi connectivity index (χ2v) is 11.6. The van der Waals surface area contributed by atoms with Gasteiger partial charge >= 0.3 is 6.03 Å². The first-order valence-corrected chi connectivity index (χ1v) is 14.5. The maximum Gasteiger partial charge on any atom is 0.317 e. The number of likely N-dealkylation sites (tertiary alicyclic amines) is 1. The molecule has 210 valence electrons. The summed E-state index contributed by atoms with van der Waals surface area (Å²) in [6, 6.07) is 8.05. The molecule has 7 heteroatoms. The van der Waals surface area contributed by atoms with Gasteiger partial charge in [-0.2, -0.15) is 0 Å². The van der Waals surface area contributed by atoms with Crippen molar-refractivity contribution in [3.8, 4) is 5.75 Å². The summed E-state index contributed by atoms with van der Waals surface area (Å²) in [4.78, 5) is 15.2. The molecule has 0 aromatic heterocycles. The Hall–Kier alpha value is -1.83. The molecule has 0 radical (unpaired) electrons. The summed E-state index contributed by atoms with van der Waals surface area (Å²) in [6.07, 6.45) is 8.73. The van der Waals surface area contributed by atoms with E-state index in [9.17, 15) is 9.90 Å². The summed E-state index contributed by atoms with van der Waals surface area (Å²) in [5.41, 5.74) is -0.200. The summed E-state index contributed by atoms with van der Waals surface area (Å²) in [6.45, 7) is 7.73. The molecule has 0 spiro atoms. The molecule has 37 heavy (non-hydrogen) atoms. The number of hydrogen-bond acceptors (Lipinski definition) is 5. The van der Waals surface area contributed by atoms with Crippen LogP contribution in [0.3, 0.4) is 0 Å². The number of likely N-dealkylation sites (N-methyl/N-ethyl adjacent to an activating group) is 1. The lowest BCUT2D eigenvalue weighted by molar-refractivity contribution is -0.0580. The van der Waals surface area contributed by atoms with E-state index in [1.54, 1.807) is 7.11 Å². The van der Waals surface area contributed by atoms with Gasteiger partial charge in [-0.15, -0.1) is 0 Å². The number of nitrogens with one attached hydrogen (secondary N) is 2. The van der Waals surface area contributed by atoms with E-state index in [4.69, 9.17) is 9.47 Å². The second kappa shape index (κ2) is 14.9. The first-order chi connectivity index (χ1) is 17.9. The van der Waals surface area contributed by atoms with Gasteiger partial charge < -0.3 is 30.1 Å². The molecule has 1 aromatic rings. The maximum atomic E-state index is 13.3. The Morgan fingerprint density at radius 2 is 1.97 bits per heavy atom. The number of amides is 2. The number of urea groups is 1. The zero-order valence-electron chi connectivity index (χ0n) is 23.6. The second-order valence-electron chi connectivity index (χ2n) is 11.6. The van der Waals surface area contributed by atoms with Crippen molar-refractivity contribution in [2.24, 2.45) is 17.8 Å². The Morgan fingerprint density at radius 1 is 1.19 bits per heavy atom. The van der Waals surface area contributed by atoms with E-state index >= 15 is 0 Å². The summed E-state index contributed by atoms with van der Waals surface area (Å²) < 4.78 is 11.5. The normalized spacial score (nSPS) is 20.5. The van der Waals surface area contributed by atoms with Crippen molar-refractivity contribution in [1.82, 2.24) is 15.5 Å². The Kier molecular flexibility index (Phi) is 12.0. The highest BCUT2D eigenvalue weighted by molar-refractivity contribution is 5.74. The van der Waals surface area contributed by atoms with E-state index in [2.05, 4.69) is 24.5 Å². The fourth-order valence-electron chi connectivity index (χ4n) is 5.72. The standard InChI is InChI=1S/C30H51N3O4/c1-23(2)20-26(21-31-3)32-29(34)33-17-9-10-25(22-33)30(35,16-7-8-18-36-4)27-11-5-6-12-28(27)37-19-15-24-13-14-24/h5-6,11-12,23-26,31,35H,7-10,13-22H2,1-4H3,(H,32,34)/t25-,26+,30?/m1/s1. The number of hydrogen-bond donors (Lipinski definition) is 3. The van der Waals surface area contributed by atoms with Crippen LogP contribution in [0.4, 0.5) is 4.79 Å². The van der Waals surface area contributed by atoms with E-state index in [0.29, 0.717) is 32.1 Å². The van der Waals surface area contributed by atoms with Gasteiger partial charge in [0.1, 0.15) is 5.75 Å². The van der Waals surface area contributed by atoms with Crippen molar-refractivity contribution in [3.63, 3.8) is 0 Å². The number of piperidine rings is 1. The number of benzene rings is 1. The fourth-order valence-corrected chi connectivity index (χ4v) is 5.72. The molecule has 1 aliphatic heterocycles. The number of rotatable bonds is 16. The third-order valence-corrected chi connectivity index (χ3v) is 7.91. The van der Waals surface area contributed by atoms with Gasteiger partial charge in [-0.1, -0.05) is 44.9 Å². The molecule has 7 nitrogen and oxygen atoms in total. The van der Waals surface area contributed by atoms with Crippen LogP contribution in [0, 0.1) is 17.8 Å². The van der Waals surface area contributed by atoms with Crippen LogP contribution in [0.1, 0.15) is 77.2 Å². The van der Waals surface area contributed by atoms with Crippen molar-refractivity contribution in [2.75, 3.05) is 47.0 Å². The van der Waals surface area contributed by atoms with Gasteiger partial charge in [0.2, 0.25) is 0 Å². The van der Waals surface area contributed by atoms with E-state index in [0.717, 1.165) is 68.8 Å². The van der Waals surface area contributed by atoms with Crippen molar-refractivity contribution in [2.45, 2.75) is 83.3 Å². The van der Waals surface area contributed by atoms with Crippen LogP contribution in [0.25, 0.3) is 0 Å². The quantitative estimate of drug-likeness (QED) is 0.271. The minimum atomic E-state index is -1.06. The summed E-state index contributed by atoms with van der Waals surface area (Å²) in [5.74, 6) is 2.02. The molecule has 2 aliphatic rings. The molecule has 3 atom stereocenters. The lowest BCUT2D eigenvalue weighted by Gasteiger charge is -2.43. The number of carbonyl (C=O) groups excluding carboxylic acids is 1. The average Bonchev–Trinajstić information content (AvgIpc) is 3.71. The highest BCUT2D eigenvalue weighted by Crippen LogP contribution is 2.43. The Morgan fingerprint density at radius 3 is 2.68 bits per heavy atom. The summed E-state index contributed by atoms with van der Waals surface area (Å²) in [7, 11) is 3.64. The topological polar surface area (TPSA) is 83.1 Å². The average molecular weight is 518 g/mol.